The van der Waals surface area contributed by atoms with Crippen LogP contribution in [0.4, 0.5) is 10.5 Å². The first-order valence-corrected chi connectivity index (χ1v) is 5.43. The highest BCUT2D eigenvalue weighted by Crippen LogP contribution is 2.24. The molecule has 2 amide bonds. The van der Waals surface area contributed by atoms with Crippen molar-refractivity contribution in [3.8, 4) is 0 Å². The van der Waals surface area contributed by atoms with E-state index in [-0.39, 0.29) is 5.56 Å². The van der Waals surface area contributed by atoms with Crippen molar-refractivity contribution in [1.82, 2.24) is 10.4 Å². The number of pyridine rings is 1. The molecule has 0 bridgehead atoms. The van der Waals surface area contributed by atoms with Gasteiger partial charge in [0, 0.05) is 5.39 Å². The summed E-state index contributed by atoms with van der Waals surface area (Å²) in [5, 5.41) is 7.28. The van der Waals surface area contributed by atoms with E-state index in [2.05, 4.69) is 20.8 Å². The highest BCUT2D eigenvalue weighted by atomic mass is 16.2. The lowest BCUT2D eigenvalue weighted by Gasteiger charge is -2.09. The third kappa shape index (κ3) is 1.46. The maximum Gasteiger partial charge on any atom is 0.339 e. The normalized spacial score (nSPS) is 14.3. The van der Waals surface area contributed by atoms with Crippen LogP contribution in [0.3, 0.4) is 0 Å². The molecule has 0 spiro atoms. The minimum absolute atomic E-state index is 0.269. The fraction of sp³-hybridized carbons (Fsp3) is 0.0833. The van der Waals surface area contributed by atoms with Gasteiger partial charge in [0.05, 0.1) is 22.5 Å². The van der Waals surface area contributed by atoms with E-state index in [1.54, 1.807) is 13.0 Å². The van der Waals surface area contributed by atoms with Gasteiger partial charge in [0.15, 0.2) is 0 Å². The Morgan fingerprint density at radius 2 is 1.94 bits per heavy atom. The molecule has 2 heterocycles. The molecule has 3 rings (SSSR count). The second-order valence-electron chi connectivity index (χ2n) is 4.01. The van der Waals surface area contributed by atoms with Gasteiger partial charge in [0.25, 0.3) is 5.56 Å². The average Bonchev–Trinajstić information content (AvgIpc) is 2.50. The highest BCUT2D eigenvalue weighted by molar-refractivity contribution is 6.14. The molecular weight excluding hydrogens is 232 g/mol. The quantitative estimate of drug-likeness (QED) is 0.652. The van der Waals surface area contributed by atoms with Crippen LogP contribution < -0.4 is 16.3 Å². The molecule has 0 aliphatic carbocycles. The number of aromatic amines is 1. The molecule has 6 nitrogen and oxygen atoms in total. The van der Waals surface area contributed by atoms with Gasteiger partial charge in [-0.2, -0.15) is 5.10 Å². The number of rotatable bonds is 0. The molecule has 18 heavy (non-hydrogen) atoms. The maximum atomic E-state index is 12.0. The molecule has 0 atom stereocenters. The minimum atomic E-state index is -0.455. The molecular formula is C12H10N4O2. The molecule has 2 aromatic rings. The fourth-order valence-corrected chi connectivity index (χ4v) is 2.05. The number of urea groups is 1. The molecule has 1 aliphatic heterocycles. The lowest BCUT2D eigenvalue weighted by molar-refractivity contribution is 0.252. The summed E-state index contributed by atoms with van der Waals surface area (Å²) in [5.74, 6) is 0. The highest BCUT2D eigenvalue weighted by Gasteiger charge is 2.19. The maximum absolute atomic E-state index is 12.0. The van der Waals surface area contributed by atoms with Crippen LogP contribution in [-0.2, 0) is 0 Å². The van der Waals surface area contributed by atoms with Crippen molar-refractivity contribution in [2.75, 3.05) is 5.32 Å². The van der Waals surface area contributed by atoms with Gasteiger partial charge in [-0.25, -0.2) is 10.2 Å². The predicted molar refractivity (Wildman–Crippen MR) is 68.9 cm³/mol. The summed E-state index contributed by atoms with van der Waals surface area (Å²) in [4.78, 5) is 26.3. The number of nitrogens with one attached hydrogen (secondary N) is 3. The van der Waals surface area contributed by atoms with Gasteiger partial charge in [0.2, 0.25) is 0 Å². The molecule has 1 aromatic carbocycles. The van der Waals surface area contributed by atoms with E-state index >= 15 is 0 Å². The van der Waals surface area contributed by atoms with Gasteiger partial charge in [-0.1, -0.05) is 18.2 Å². The van der Waals surface area contributed by atoms with Gasteiger partial charge >= 0.3 is 6.03 Å². The molecule has 3 N–H and O–H groups in total. The Labute approximate surface area is 102 Å². The monoisotopic (exact) mass is 242 g/mol. The van der Waals surface area contributed by atoms with Gasteiger partial charge in [-0.3, -0.25) is 4.79 Å². The van der Waals surface area contributed by atoms with Crippen LogP contribution in [-0.4, -0.2) is 16.7 Å². The van der Waals surface area contributed by atoms with Crippen LogP contribution >= 0.6 is 0 Å². The lowest BCUT2D eigenvalue weighted by Crippen LogP contribution is -2.23. The van der Waals surface area contributed by atoms with Crippen molar-refractivity contribution in [2.24, 2.45) is 5.10 Å². The lowest BCUT2D eigenvalue weighted by atomic mass is 10.1. The number of para-hydroxylation sites is 1. The Morgan fingerprint density at radius 3 is 2.78 bits per heavy atom. The van der Waals surface area contributed by atoms with Gasteiger partial charge in [-0.15, -0.1) is 0 Å². The topological polar surface area (TPSA) is 86.3 Å². The fourth-order valence-electron chi connectivity index (χ4n) is 2.05. The predicted octanol–water partition coefficient (Wildman–Crippen LogP) is 1.39. The van der Waals surface area contributed by atoms with Crippen LogP contribution in [0.1, 0.15) is 12.5 Å². The standard InChI is InChI=1S/C12H10N4O2/c1-6-9-10(14-12(18)16-15-6)7-4-2-3-5-8(7)13-11(9)17/h2-5H,1H3,(H,13,17)(H2,14,16,18). The smallest absolute Gasteiger partial charge is 0.321 e. The Balaban J connectivity index is 2.47. The molecule has 0 fully saturated rings. The van der Waals surface area contributed by atoms with E-state index in [9.17, 15) is 9.59 Å². The van der Waals surface area contributed by atoms with E-state index in [1.807, 2.05) is 18.2 Å². The summed E-state index contributed by atoms with van der Waals surface area (Å²) >= 11 is 0. The number of carbonyl (C=O) groups is 1. The van der Waals surface area contributed by atoms with Crippen molar-refractivity contribution in [3.05, 3.63) is 40.2 Å². The van der Waals surface area contributed by atoms with Crippen molar-refractivity contribution in [1.29, 1.82) is 0 Å². The Bertz CT molecular complexity index is 745. The Hall–Kier alpha value is -2.63. The third-order valence-corrected chi connectivity index (χ3v) is 2.85. The molecule has 1 aliphatic rings. The number of hydrogen-bond donors (Lipinski definition) is 3. The molecule has 0 saturated carbocycles. The molecule has 0 unspecified atom stereocenters. The number of nitrogens with zero attached hydrogens (tertiary/aromatic N) is 1. The van der Waals surface area contributed by atoms with Crippen LogP contribution in [0, 0.1) is 0 Å². The van der Waals surface area contributed by atoms with Gasteiger partial charge in [0.1, 0.15) is 0 Å². The Kier molecular flexibility index (Phi) is 2.16. The zero-order valence-corrected chi connectivity index (χ0v) is 9.57. The number of hydrazone groups is 1. The molecule has 0 radical (unpaired) electrons. The van der Waals surface area contributed by atoms with Crippen molar-refractivity contribution < 1.29 is 4.79 Å². The van der Waals surface area contributed by atoms with Gasteiger partial charge in [-0.05, 0) is 13.0 Å². The van der Waals surface area contributed by atoms with Crippen LogP contribution in [0.15, 0.2) is 34.2 Å². The van der Waals surface area contributed by atoms with Crippen LogP contribution in [0.2, 0.25) is 0 Å². The number of amides is 2. The SMILES string of the molecule is CC1=NNC(=O)Nc2c1c(=O)[nH]c1ccccc21. The third-order valence-electron chi connectivity index (χ3n) is 2.85. The zero-order valence-electron chi connectivity index (χ0n) is 9.57. The Morgan fingerprint density at radius 1 is 1.17 bits per heavy atom. The molecule has 6 heteroatoms. The number of fused-ring (bicyclic) bond motifs is 3. The number of aromatic nitrogens is 1. The number of anilines is 1. The van der Waals surface area contributed by atoms with E-state index in [0.29, 0.717) is 22.5 Å². The number of carbonyl (C=O) groups excluding carboxylic acids is 1. The van der Waals surface area contributed by atoms with E-state index in [1.165, 1.54) is 0 Å². The summed E-state index contributed by atoms with van der Waals surface area (Å²) in [6, 6.07) is 6.83. The molecule has 0 saturated heterocycles. The number of hydrogen-bond acceptors (Lipinski definition) is 3. The van der Waals surface area contributed by atoms with Gasteiger partial charge < -0.3 is 10.3 Å². The zero-order chi connectivity index (χ0) is 12.7. The van der Waals surface area contributed by atoms with Crippen LogP contribution in [0.25, 0.3) is 10.9 Å². The van der Waals surface area contributed by atoms with Crippen molar-refractivity contribution in [3.63, 3.8) is 0 Å². The summed E-state index contributed by atoms with van der Waals surface area (Å²) in [6.07, 6.45) is 0. The average molecular weight is 242 g/mol. The summed E-state index contributed by atoms with van der Waals surface area (Å²) in [5.41, 5.74) is 4.07. The second-order valence-corrected chi connectivity index (χ2v) is 4.01. The second kappa shape index (κ2) is 3.69. The molecule has 1 aromatic heterocycles. The summed E-state index contributed by atoms with van der Waals surface area (Å²) < 4.78 is 0. The van der Waals surface area contributed by atoms with E-state index < -0.39 is 6.03 Å². The van der Waals surface area contributed by atoms with E-state index in [0.717, 1.165) is 5.39 Å². The first-order valence-electron chi connectivity index (χ1n) is 5.43. The largest absolute Gasteiger partial charge is 0.339 e. The first-order chi connectivity index (χ1) is 8.66. The van der Waals surface area contributed by atoms with Crippen molar-refractivity contribution >= 4 is 28.3 Å². The summed E-state index contributed by atoms with van der Waals surface area (Å²) in [6.45, 7) is 1.68. The molecule has 90 valence electrons. The number of H-pyrrole nitrogens is 1. The van der Waals surface area contributed by atoms with Crippen molar-refractivity contribution in [2.45, 2.75) is 6.92 Å². The summed E-state index contributed by atoms with van der Waals surface area (Å²) in [7, 11) is 0. The van der Waals surface area contributed by atoms with Crippen LogP contribution in [0.5, 0.6) is 0 Å². The van der Waals surface area contributed by atoms with E-state index in [4.69, 9.17) is 0 Å². The first kappa shape index (κ1) is 10.5. The number of benzene rings is 1. The minimum Gasteiger partial charge on any atom is -0.321 e.